The summed E-state index contributed by atoms with van der Waals surface area (Å²) in [6.45, 7) is 0.441. The summed E-state index contributed by atoms with van der Waals surface area (Å²) in [5.41, 5.74) is 2.36. The summed E-state index contributed by atoms with van der Waals surface area (Å²) in [5.74, 6) is 1.05. The first-order valence-corrected chi connectivity index (χ1v) is 11.9. The minimum absolute atomic E-state index is 0.120. The van der Waals surface area contributed by atoms with E-state index in [1.807, 2.05) is 12.1 Å². The number of ether oxygens (including phenoxy) is 2. The van der Waals surface area contributed by atoms with E-state index in [-0.39, 0.29) is 31.6 Å². The maximum absolute atomic E-state index is 12.7. The van der Waals surface area contributed by atoms with E-state index < -0.39 is 5.92 Å². The van der Waals surface area contributed by atoms with Gasteiger partial charge in [-0.05, 0) is 29.8 Å². The number of carbonyl (C=O) groups excluding carboxylic acids is 2. The third-order valence-electron chi connectivity index (χ3n) is 5.25. The van der Waals surface area contributed by atoms with E-state index in [1.165, 1.54) is 23.1 Å². The highest BCUT2D eigenvalue weighted by Crippen LogP contribution is 2.37. The molecule has 3 aromatic rings. The van der Waals surface area contributed by atoms with Gasteiger partial charge in [-0.15, -0.1) is 10.2 Å². The standard InChI is InChI=1S/C22H17N5O4S2/c23-9-13-1-3-14(4-2-13)11-32-22-26-25-21(33-22)24-20(29)15-7-19(28)27(10-15)16-5-6-17-18(8-16)31-12-30-17/h1-6,8,15H,7,10-12H2,(H,24,25,29). The van der Waals surface area contributed by atoms with Gasteiger partial charge in [0.15, 0.2) is 15.8 Å². The molecule has 0 spiro atoms. The van der Waals surface area contributed by atoms with E-state index in [0.29, 0.717) is 33.6 Å². The molecular weight excluding hydrogens is 462 g/mol. The zero-order valence-electron chi connectivity index (χ0n) is 17.2. The van der Waals surface area contributed by atoms with Gasteiger partial charge in [0.25, 0.3) is 0 Å². The maximum Gasteiger partial charge on any atom is 0.231 e. The van der Waals surface area contributed by atoms with Crippen molar-refractivity contribution in [3.8, 4) is 17.6 Å². The number of benzene rings is 2. The van der Waals surface area contributed by atoms with Crippen molar-refractivity contribution in [1.82, 2.24) is 10.2 Å². The molecule has 0 saturated carbocycles. The van der Waals surface area contributed by atoms with Crippen LogP contribution >= 0.6 is 23.1 Å². The number of hydrogen-bond acceptors (Lipinski definition) is 9. The van der Waals surface area contributed by atoms with E-state index in [9.17, 15) is 9.59 Å². The van der Waals surface area contributed by atoms with Crippen molar-refractivity contribution in [3.05, 3.63) is 53.6 Å². The number of carbonyl (C=O) groups is 2. The SMILES string of the molecule is N#Cc1ccc(CSc2nnc(NC(=O)C3CC(=O)N(c4ccc5c(c4)OCO5)C3)s2)cc1. The normalized spacial score (nSPS) is 16.6. The number of rotatable bonds is 6. The number of amides is 2. The summed E-state index contributed by atoms with van der Waals surface area (Å²) < 4.78 is 11.4. The van der Waals surface area contributed by atoms with Gasteiger partial charge in [0, 0.05) is 30.5 Å². The number of nitriles is 1. The van der Waals surface area contributed by atoms with Gasteiger partial charge in [0.05, 0.1) is 17.6 Å². The Morgan fingerprint density at radius 2 is 2.03 bits per heavy atom. The molecule has 2 aromatic carbocycles. The summed E-state index contributed by atoms with van der Waals surface area (Å²) in [5, 5.41) is 20.2. The number of anilines is 2. The lowest BCUT2D eigenvalue weighted by Crippen LogP contribution is -2.28. The molecule has 1 atom stereocenters. The molecule has 166 valence electrons. The Hall–Kier alpha value is -3.62. The third kappa shape index (κ3) is 4.62. The van der Waals surface area contributed by atoms with E-state index in [4.69, 9.17) is 14.7 Å². The predicted molar refractivity (Wildman–Crippen MR) is 122 cm³/mol. The van der Waals surface area contributed by atoms with Gasteiger partial charge in [-0.1, -0.05) is 35.2 Å². The van der Waals surface area contributed by atoms with E-state index in [1.54, 1.807) is 35.2 Å². The first-order chi connectivity index (χ1) is 16.1. The second kappa shape index (κ2) is 9.09. The van der Waals surface area contributed by atoms with Crippen molar-refractivity contribution in [2.24, 2.45) is 5.92 Å². The lowest BCUT2D eigenvalue weighted by Gasteiger charge is -2.16. The topological polar surface area (TPSA) is 117 Å². The lowest BCUT2D eigenvalue weighted by molar-refractivity contribution is -0.122. The van der Waals surface area contributed by atoms with Crippen molar-refractivity contribution < 1.29 is 19.1 Å². The first kappa shape index (κ1) is 21.2. The molecule has 0 radical (unpaired) electrons. The molecule has 0 bridgehead atoms. The van der Waals surface area contributed by atoms with Crippen LogP contribution in [0.25, 0.3) is 0 Å². The Morgan fingerprint density at radius 3 is 2.85 bits per heavy atom. The van der Waals surface area contributed by atoms with Gasteiger partial charge in [-0.2, -0.15) is 5.26 Å². The molecule has 1 aromatic heterocycles. The Balaban J connectivity index is 1.17. The van der Waals surface area contributed by atoms with E-state index in [0.717, 1.165) is 9.90 Å². The second-order valence-corrected chi connectivity index (χ2v) is 9.60. The number of thioether (sulfide) groups is 1. The number of aromatic nitrogens is 2. The van der Waals surface area contributed by atoms with Crippen molar-refractivity contribution in [1.29, 1.82) is 5.26 Å². The first-order valence-electron chi connectivity index (χ1n) is 10.1. The molecule has 1 N–H and O–H groups in total. The zero-order chi connectivity index (χ0) is 22.8. The van der Waals surface area contributed by atoms with Gasteiger partial charge in [0.2, 0.25) is 23.7 Å². The highest BCUT2D eigenvalue weighted by molar-refractivity contribution is 8.00. The van der Waals surface area contributed by atoms with Crippen molar-refractivity contribution in [2.75, 3.05) is 23.6 Å². The van der Waals surface area contributed by atoms with E-state index >= 15 is 0 Å². The van der Waals surface area contributed by atoms with Crippen LogP contribution in [0.2, 0.25) is 0 Å². The fraction of sp³-hybridized carbons (Fsp3) is 0.227. The molecule has 2 aliphatic rings. The fourth-order valence-electron chi connectivity index (χ4n) is 3.53. The van der Waals surface area contributed by atoms with Gasteiger partial charge >= 0.3 is 0 Å². The van der Waals surface area contributed by atoms with Crippen LogP contribution in [0.4, 0.5) is 10.8 Å². The minimum atomic E-state index is -0.485. The summed E-state index contributed by atoms with van der Waals surface area (Å²) in [6.07, 6.45) is 0.124. The highest BCUT2D eigenvalue weighted by Gasteiger charge is 2.36. The average Bonchev–Trinajstić information content (AvgIpc) is 3.57. The summed E-state index contributed by atoms with van der Waals surface area (Å²) in [6, 6.07) is 14.7. The minimum Gasteiger partial charge on any atom is -0.454 e. The molecule has 0 aliphatic carbocycles. The smallest absolute Gasteiger partial charge is 0.231 e. The van der Waals surface area contributed by atoms with Gasteiger partial charge in [0.1, 0.15) is 0 Å². The number of fused-ring (bicyclic) bond motifs is 1. The van der Waals surface area contributed by atoms with Crippen LogP contribution < -0.4 is 19.7 Å². The quantitative estimate of drug-likeness (QED) is 0.422. The molecule has 33 heavy (non-hydrogen) atoms. The Morgan fingerprint density at radius 1 is 1.21 bits per heavy atom. The Kier molecular flexibility index (Phi) is 5.85. The monoisotopic (exact) mass is 479 g/mol. The molecule has 1 fully saturated rings. The molecular formula is C22H17N5O4S2. The van der Waals surface area contributed by atoms with Crippen LogP contribution in [0.5, 0.6) is 11.5 Å². The molecule has 5 rings (SSSR count). The molecule has 1 unspecified atom stereocenters. The molecule has 9 nitrogen and oxygen atoms in total. The van der Waals surface area contributed by atoms with E-state index in [2.05, 4.69) is 21.6 Å². The highest BCUT2D eigenvalue weighted by atomic mass is 32.2. The number of nitrogens with zero attached hydrogens (tertiary/aromatic N) is 4. The predicted octanol–water partition coefficient (Wildman–Crippen LogP) is 3.42. The molecule has 2 aliphatic heterocycles. The number of nitrogens with one attached hydrogen (secondary N) is 1. The van der Waals surface area contributed by atoms with Crippen LogP contribution in [0.15, 0.2) is 46.8 Å². The lowest BCUT2D eigenvalue weighted by atomic mass is 10.1. The van der Waals surface area contributed by atoms with Crippen LogP contribution in [0.3, 0.4) is 0 Å². The third-order valence-corrected chi connectivity index (χ3v) is 7.29. The summed E-state index contributed by atoms with van der Waals surface area (Å²) >= 11 is 2.79. The molecule has 1 saturated heterocycles. The Labute approximate surface area is 197 Å². The van der Waals surface area contributed by atoms with Gasteiger partial charge in [-0.3, -0.25) is 9.59 Å². The molecule has 2 amide bonds. The molecule has 3 heterocycles. The number of hydrogen-bond donors (Lipinski definition) is 1. The maximum atomic E-state index is 12.7. The summed E-state index contributed by atoms with van der Waals surface area (Å²) in [7, 11) is 0. The van der Waals surface area contributed by atoms with Crippen LogP contribution in [-0.4, -0.2) is 35.3 Å². The van der Waals surface area contributed by atoms with Gasteiger partial charge in [-0.25, -0.2) is 0 Å². The average molecular weight is 480 g/mol. The van der Waals surface area contributed by atoms with Crippen molar-refractivity contribution >= 4 is 45.7 Å². The van der Waals surface area contributed by atoms with Crippen LogP contribution in [0, 0.1) is 17.2 Å². The van der Waals surface area contributed by atoms with Crippen LogP contribution in [0.1, 0.15) is 17.5 Å². The summed E-state index contributed by atoms with van der Waals surface area (Å²) in [4.78, 5) is 26.9. The van der Waals surface area contributed by atoms with Gasteiger partial charge < -0.3 is 19.7 Å². The van der Waals surface area contributed by atoms with Crippen molar-refractivity contribution in [3.63, 3.8) is 0 Å². The Bertz CT molecular complexity index is 1250. The zero-order valence-corrected chi connectivity index (χ0v) is 18.8. The fourth-order valence-corrected chi connectivity index (χ4v) is 5.24. The second-order valence-electron chi connectivity index (χ2n) is 7.40. The van der Waals surface area contributed by atoms with Crippen molar-refractivity contribution in [2.45, 2.75) is 16.5 Å². The van der Waals surface area contributed by atoms with Crippen LogP contribution in [-0.2, 0) is 15.3 Å². The molecule has 11 heteroatoms. The largest absolute Gasteiger partial charge is 0.454 e.